The highest BCUT2D eigenvalue weighted by molar-refractivity contribution is 5.42. The number of aromatic nitrogens is 1. The van der Waals surface area contributed by atoms with E-state index in [1.807, 2.05) is 6.07 Å². The highest BCUT2D eigenvalue weighted by Gasteiger charge is 2.43. The molecule has 0 spiro atoms. The maximum Gasteiger partial charge on any atom is 0.127 e. The lowest BCUT2D eigenvalue weighted by molar-refractivity contribution is 0.133. The molecule has 2 fully saturated rings. The van der Waals surface area contributed by atoms with Gasteiger partial charge in [0.1, 0.15) is 5.82 Å². The second-order valence-electron chi connectivity index (χ2n) is 6.47. The summed E-state index contributed by atoms with van der Waals surface area (Å²) in [7, 11) is 2.19. The molecule has 1 aliphatic heterocycles. The minimum absolute atomic E-state index is 0.417. The average molecular weight is 285 g/mol. The van der Waals surface area contributed by atoms with E-state index < -0.39 is 0 Å². The molecular weight excluding hydrogens is 262 g/mol. The standard InChI is InChI=1S/C16H23N5/c1-20-6-8-21(9-7-20)13-16(3-4-16)12-19-15-10-14(11-17)2-5-18-15/h2,5,10H,3-4,6-9,12-13H2,1H3,(H,18,19). The summed E-state index contributed by atoms with van der Waals surface area (Å²) in [5.41, 5.74) is 1.08. The van der Waals surface area contributed by atoms with E-state index in [9.17, 15) is 0 Å². The smallest absolute Gasteiger partial charge is 0.127 e. The Morgan fingerprint density at radius 3 is 2.76 bits per heavy atom. The molecule has 3 rings (SSSR count). The lowest BCUT2D eigenvalue weighted by Crippen LogP contribution is -2.47. The van der Waals surface area contributed by atoms with Gasteiger partial charge in [0.15, 0.2) is 0 Å². The number of hydrogen-bond donors (Lipinski definition) is 1. The van der Waals surface area contributed by atoms with Crippen LogP contribution >= 0.6 is 0 Å². The lowest BCUT2D eigenvalue weighted by Gasteiger charge is -2.35. The summed E-state index contributed by atoms with van der Waals surface area (Å²) < 4.78 is 0. The molecule has 0 bridgehead atoms. The van der Waals surface area contributed by atoms with Gasteiger partial charge in [-0.25, -0.2) is 4.98 Å². The van der Waals surface area contributed by atoms with Crippen LogP contribution in [0.3, 0.4) is 0 Å². The fourth-order valence-corrected chi connectivity index (χ4v) is 2.92. The first-order valence-corrected chi connectivity index (χ1v) is 7.70. The molecule has 5 nitrogen and oxygen atoms in total. The summed E-state index contributed by atoms with van der Waals surface area (Å²) in [6.07, 6.45) is 4.29. The van der Waals surface area contributed by atoms with Gasteiger partial charge in [-0.3, -0.25) is 0 Å². The van der Waals surface area contributed by atoms with Crippen LogP contribution in [-0.4, -0.2) is 61.1 Å². The molecule has 0 unspecified atom stereocenters. The zero-order valence-corrected chi connectivity index (χ0v) is 12.7. The second kappa shape index (κ2) is 6.00. The molecule has 5 heteroatoms. The van der Waals surface area contributed by atoms with Gasteiger partial charge in [0.05, 0.1) is 11.6 Å². The number of rotatable bonds is 5. The van der Waals surface area contributed by atoms with Crippen molar-refractivity contribution in [1.82, 2.24) is 14.8 Å². The van der Waals surface area contributed by atoms with Crippen LogP contribution < -0.4 is 5.32 Å². The predicted molar refractivity (Wildman–Crippen MR) is 83.0 cm³/mol. The predicted octanol–water partition coefficient (Wildman–Crippen LogP) is 1.39. The highest BCUT2D eigenvalue weighted by Crippen LogP contribution is 2.46. The van der Waals surface area contributed by atoms with E-state index >= 15 is 0 Å². The summed E-state index contributed by atoms with van der Waals surface area (Å²) in [6.45, 7) is 6.86. The van der Waals surface area contributed by atoms with Crippen LogP contribution in [0.1, 0.15) is 18.4 Å². The lowest BCUT2D eigenvalue weighted by atomic mass is 10.1. The van der Waals surface area contributed by atoms with Crippen molar-refractivity contribution < 1.29 is 0 Å². The Morgan fingerprint density at radius 1 is 1.33 bits per heavy atom. The molecule has 1 N–H and O–H groups in total. The first-order valence-electron chi connectivity index (χ1n) is 7.70. The van der Waals surface area contributed by atoms with E-state index in [1.54, 1.807) is 12.3 Å². The van der Waals surface area contributed by atoms with Crippen molar-refractivity contribution in [3.05, 3.63) is 23.9 Å². The fraction of sp³-hybridized carbons (Fsp3) is 0.625. The average Bonchev–Trinajstić information content (AvgIpc) is 3.28. The Balaban J connectivity index is 1.51. The molecule has 2 heterocycles. The zero-order valence-electron chi connectivity index (χ0n) is 12.7. The molecule has 0 radical (unpaired) electrons. The van der Waals surface area contributed by atoms with Crippen molar-refractivity contribution in [3.63, 3.8) is 0 Å². The number of pyridine rings is 1. The Bertz CT molecular complexity index is 524. The van der Waals surface area contributed by atoms with E-state index in [1.165, 1.54) is 45.6 Å². The summed E-state index contributed by atoms with van der Waals surface area (Å²) >= 11 is 0. The molecule has 0 atom stereocenters. The maximum absolute atomic E-state index is 8.92. The van der Waals surface area contributed by atoms with Crippen LogP contribution in [-0.2, 0) is 0 Å². The quantitative estimate of drug-likeness (QED) is 0.886. The number of nitrogens with zero attached hydrogens (tertiary/aromatic N) is 4. The SMILES string of the molecule is CN1CCN(CC2(CNc3cc(C#N)ccn3)CC2)CC1. The number of likely N-dealkylation sites (N-methyl/N-ethyl adjacent to an activating group) is 1. The van der Waals surface area contributed by atoms with E-state index in [2.05, 4.69) is 33.2 Å². The summed E-state index contributed by atoms with van der Waals surface area (Å²) in [4.78, 5) is 9.28. The van der Waals surface area contributed by atoms with Gasteiger partial charge in [-0.1, -0.05) is 0 Å². The topological polar surface area (TPSA) is 55.2 Å². The molecule has 21 heavy (non-hydrogen) atoms. The monoisotopic (exact) mass is 285 g/mol. The maximum atomic E-state index is 8.92. The van der Waals surface area contributed by atoms with Gasteiger partial charge < -0.3 is 15.1 Å². The Kier molecular flexibility index (Phi) is 4.09. The van der Waals surface area contributed by atoms with Crippen molar-refractivity contribution in [2.75, 3.05) is 51.6 Å². The number of piperazine rings is 1. The summed E-state index contributed by atoms with van der Waals surface area (Å²) in [5.74, 6) is 0.818. The van der Waals surface area contributed by atoms with E-state index in [4.69, 9.17) is 5.26 Å². The molecule has 0 aromatic carbocycles. The third-order valence-electron chi connectivity index (χ3n) is 4.65. The molecule has 1 saturated heterocycles. The molecule has 2 aliphatic rings. The number of nitrogens with one attached hydrogen (secondary N) is 1. The van der Waals surface area contributed by atoms with E-state index in [0.717, 1.165) is 12.4 Å². The molecular formula is C16H23N5. The van der Waals surface area contributed by atoms with Gasteiger partial charge in [-0.15, -0.1) is 0 Å². The van der Waals surface area contributed by atoms with Gasteiger partial charge in [0, 0.05) is 50.9 Å². The van der Waals surface area contributed by atoms with Gasteiger partial charge in [0.25, 0.3) is 0 Å². The van der Waals surface area contributed by atoms with Crippen molar-refractivity contribution in [3.8, 4) is 6.07 Å². The third kappa shape index (κ3) is 3.72. The van der Waals surface area contributed by atoms with Crippen LogP contribution in [0, 0.1) is 16.7 Å². The van der Waals surface area contributed by atoms with Crippen LogP contribution in [0.25, 0.3) is 0 Å². The molecule has 1 saturated carbocycles. The van der Waals surface area contributed by atoms with Crippen LogP contribution in [0.4, 0.5) is 5.82 Å². The molecule has 1 aliphatic carbocycles. The largest absolute Gasteiger partial charge is 0.369 e. The number of hydrogen-bond acceptors (Lipinski definition) is 5. The zero-order chi connectivity index (χ0) is 14.7. The first-order chi connectivity index (χ1) is 10.2. The molecule has 112 valence electrons. The first kappa shape index (κ1) is 14.3. The van der Waals surface area contributed by atoms with Crippen molar-refractivity contribution >= 4 is 5.82 Å². The van der Waals surface area contributed by atoms with Crippen molar-refractivity contribution in [2.24, 2.45) is 5.41 Å². The minimum Gasteiger partial charge on any atom is -0.369 e. The number of anilines is 1. The van der Waals surface area contributed by atoms with E-state index in [-0.39, 0.29) is 0 Å². The number of nitriles is 1. The normalized spacial score (nSPS) is 21.7. The third-order valence-corrected chi connectivity index (χ3v) is 4.65. The van der Waals surface area contributed by atoms with Gasteiger partial charge in [-0.05, 0) is 32.0 Å². The Morgan fingerprint density at radius 2 is 2.10 bits per heavy atom. The minimum atomic E-state index is 0.417. The van der Waals surface area contributed by atoms with Crippen LogP contribution in [0.2, 0.25) is 0 Å². The Labute approximate surface area is 126 Å². The fourth-order valence-electron chi connectivity index (χ4n) is 2.92. The van der Waals surface area contributed by atoms with Crippen LogP contribution in [0.15, 0.2) is 18.3 Å². The molecule has 1 aromatic heterocycles. The molecule has 1 aromatic rings. The van der Waals surface area contributed by atoms with Crippen molar-refractivity contribution in [2.45, 2.75) is 12.8 Å². The molecule has 0 amide bonds. The van der Waals surface area contributed by atoms with Gasteiger partial charge >= 0.3 is 0 Å². The second-order valence-corrected chi connectivity index (χ2v) is 6.47. The summed E-state index contributed by atoms with van der Waals surface area (Å²) in [6, 6.07) is 5.72. The van der Waals surface area contributed by atoms with Gasteiger partial charge in [0.2, 0.25) is 0 Å². The Hall–Kier alpha value is -1.64. The van der Waals surface area contributed by atoms with Gasteiger partial charge in [-0.2, -0.15) is 5.26 Å². The van der Waals surface area contributed by atoms with Crippen LogP contribution in [0.5, 0.6) is 0 Å². The highest BCUT2D eigenvalue weighted by atomic mass is 15.3. The van der Waals surface area contributed by atoms with E-state index in [0.29, 0.717) is 11.0 Å². The summed E-state index contributed by atoms with van der Waals surface area (Å²) in [5, 5.41) is 12.3. The van der Waals surface area contributed by atoms with Crippen molar-refractivity contribution in [1.29, 1.82) is 5.26 Å².